The number of unbranched alkanes of at least 4 members (excludes halogenated alkanes) is 1. The van der Waals surface area contributed by atoms with Crippen molar-refractivity contribution in [1.29, 1.82) is 0 Å². The highest BCUT2D eigenvalue weighted by Gasteiger charge is 2.20. The number of likely N-dealkylation sites (tertiary alicyclic amines) is 1. The van der Waals surface area contributed by atoms with Gasteiger partial charge in [0.2, 0.25) is 0 Å². The van der Waals surface area contributed by atoms with Crippen molar-refractivity contribution in [1.82, 2.24) is 10.2 Å². The molecule has 0 aliphatic carbocycles. The van der Waals surface area contributed by atoms with E-state index < -0.39 is 0 Å². The SMILES string of the molecule is CCCCNCC1CCCCN1CCC. The lowest BCUT2D eigenvalue weighted by atomic mass is 10.0. The van der Waals surface area contributed by atoms with Crippen molar-refractivity contribution in [3.63, 3.8) is 0 Å². The molecule has 0 bridgehead atoms. The van der Waals surface area contributed by atoms with Crippen LogP contribution in [0.4, 0.5) is 0 Å². The number of nitrogens with zero attached hydrogens (tertiary/aromatic N) is 1. The summed E-state index contributed by atoms with van der Waals surface area (Å²) in [5.41, 5.74) is 0. The van der Waals surface area contributed by atoms with Crippen LogP contribution in [0, 0.1) is 0 Å². The summed E-state index contributed by atoms with van der Waals surface area (Å²) in [5, 5.41) is 3.60. The Morgan fingerprint density at radius 3 is 2.80 bits per heavy atom. The Morgan fingerprint density at radius 1 is 1.20 bits per heavy atom. The zero-order valence-electron chi connectivity index (χ0n) is 10.6. The third-order valence-corrected chi connectivity index (χ3v) is 3.35. The fourth-order valence-corrected chi connectivity index (χ4v) is 2.44. The summed E-state index contributed by atoms with van der Waals surface area (Å²) in [6.45, 7) is 9.57. The highest BCUT2D eigenvalue weighted by Crippen LogP contribution is 2.16. The molecule has 2 nitrogen and oxygen atoms in total. The zero-order chi connectivity index (χ0) is 10.9. The van der Waals surface area contributed by atoms with Gasteiger partial charge in [0.05, 0.1) is 0 Å². The van der Waals surface area contributed by atoms with Gasteiger partial charge in [-0.05, 0) is 45.3 Å². The van der Waals surface area contributed by atoms with E-state index in [1.54, 1.807) is 0 Å². The van der Waals surface area contributed by atoms with Crippen molar-refractivity contribution in [3.8, 4) is 0 Å². The topological polar surface area (TPSA) is 15.3 Å². The second-order valence-electron chi connectivity index (χ2n) is 4.74. The van der Waals surface area contributed by atoms with E-state index >= 15 is 0 Å². The minimum absolute atomic E-state index is 0.815. The van der Waals surface area contributed by atoms with Gasteiger partial charge < -0.3 is 5.32 Å². The summed E-state index contributed by atoms with van der Waals surface area (Å²) in [7, 11) is 0. The van der Waals surface area contributed by atoms with Gasteiger partial charge in [0, 0.05) is 12.6 Å². The first-order chi connectivity index (χ1) is 7.38. The van der Waals surface area contributed by atoms with Gasteiger partial charge >= 0.3 is 0 Å². The number of piperidine rings is 1. The molecule has 0 spiro atoms. The van der Waals surface area contributed by atoms with Crippen molar-refractivity contribution in [2.24, 2.45) is 0 Å². The molecule has 1 unspecified atom stereocenters. The molecule has 0 saturated carbocycles. The van der Waals surface area contributed by atoms with Crippen LogP contribution in [0.3, 0.4) is 0 Å². The molecule has 1 fully saturated rings. The molecular formula is C13H28N2. The van der Waals surface area contributed by atoms with Gasteiger partial charge in [-0.3, -0.25) is 4.90 Å². The molecule has 1 aliphatic heterocycles. The molecule has 0 aromatic heterocycles. The quantitative estimate of drug-likeness (QED) is 0.653. The first kappa shape index (κ1) is 13.0. The van der Waals surface area contributed by atoms with Crippen LogP contribution in [-0.4, -0.2) is 37.1 Å². The third-order valence-electron chi connectivity index (χ3n) is 3.35. The Balaban J connectivity index is 2.17. The summed E-state index contributed by atoms with van der Waals surface area (Å²) >= 11 is 0. The highest BCUT2D eigenvalue weighted by atomic mass is 15.2. The molecule has 90 valence electrons. The molecule has 2 heteroatoms. The van der Waals surface area contributed by atoms with Crippen LogP contribution < -0.4 is 5.32 Å². The third kappa shape index (κ3) is 4.98. The Labute approximate surface area is 95.4 Å². The lowest BCUT2D eigenvalue weighted by molar-refractivity contribution is 0.146. The molecule has 0 amide bonds. The maximum atomic E-state index is 3.60. The van der Waals surface area contributed by atoms with Crippen LogP contribution in [0.5, 0.6) is 0 Å². The highest BCUT2D eigenvalue weighted by molar-refractivity contribution is 4.78. The molecule has 1 aliphatic rings. The van der Waals surface area contributed by atoms with E-state index in [0.717, 1.165) is 6.04 Å². The van der Waals surface area contributed by atoms with Crippen molar-refractivity contribution < 1.29 is 0 Å². The first-order valence-electron chi connectivity index (χ1n) is 6.83. The predicted molar refractivity (Wildman–Crippen MR) is 67.3 cm³/mol. The second-order valence-corrected chi connectivity index (χ2v) is 4.74. The number of hydrogen-bond donors (Lipinski definition) is 1. The van der Waals surface area contributed by atoms with Crippen LogP contribution in [0.2, 0.25) is 0 Å². The number of nitrogens with one attached hydrogen (secondary N) is 1. The first-order valence-corrected chi connectivity index (χ1v) is 6.83. The summed E-state index contributed by atoms with van der Waals surface area (Å²) in [6, 6.07) is 0.815. The lowest BCUT2D eigenvalue weighted by Crippen LogP contribution is -2.45. The van der Waals surface area contributed by atoms with Crippen LogP contribution in [0.15, 0.2) is 0 Å². The van der Waals surface area contributed by atoms with Crippen molar-refractivity contribution in [3.05, 3.63) is 0 Å². The predicted octanol–water partition coefficient (Wildman–Crippen LogP) is 2.64. The summed E-state index contributed by atoms with van der Waals surface area (Å²) in [5.74, 6) is 0. The molecule has 0 aromatic carbocycles. The van der Waals surface area contributed by atoms with E-state index in [2.05, 4.69) is 24.1 Å². The Hall–Kier alpha value is -0.0800. The fourth-order valence-electron chi connectivity index (χ4n) is 2.44. The average molecular weight is 212 g/mol. The number of hydrogen-bond acceptors (Lipinski definition) is 2. The maximum Gasteiger partial charge on any atom is 0.0220 e. The van der Waals surface area contributed by atoms with Crippen LogP contribution >= 0.6 is 0 Å². The second kappa shape index (κ2) is 8.12. The molecule has 1 rings (SSSR count). The Bertz CT molecular complexity index is 145. The maximum absolute atomic E-state index is 3.60. The van der Waals surface area contributed by atoms with Gasteiger partial charge in [-0.2, -0.15) is 0 Å². The standard InChI is InChI=1S/C13H28N2/c1-3-5-9-14-12-13-8-6-7-11-15(13)10-4-2/h13-14H,3-12H2,1-2H3. The molecular weight excluding hydrogens is 184 g/mol. The van der Waals surface area contributed by atoms with E-state index in [4.69, 9.17) is 0 Å². The van der Waals surface area contributed by atoms with E-state index in [-0.39, 0.29) is 0 Å². The van der Waals surface area contributed by atoms with Gasteiger partial charge in [-0.15, -0.1) is 0 Å². The molecule has 1 atom stereocenters. The Kier molecular flexibility index (Phi) is 7.03. The van der Waals surface area contributed by atoms with E-state index in [1.165, 1.54) is 64.7 Å². The van der Waals surface area contributed by atoms with Gasteiger partial charge in [0.15, 0.2) is 0 Å². The van der Waals surface area contributed by atoms with Crippen LogP contribution in [-0.2, 0) is 0 Å². The molecule has 1 saturated heterocycles. The summed E-state index contributed by atoms with van der Waals surface area (Å²) in [4.78, 5) is 2.68. The Morgan fingerprint density at radius 2 is 2.07 bits per heavy atom. The van der Waals surface area contributed by atoms with Crippen molar-refractivity contribution >= 4 is 0 Å². The summed E-state index contributed by atoms with van der Waals surface area (Å²) < 4.78 is 0. The lowest BCUT2D eigenvalue weighted by Gasteiger charge is -2.35. The monoisotopic (exact) mass is 212 g/mol. The summed E-state index contributed by atoms with van der Waals surface area (Å²) in [6.07, 6.45) is 8.16. The van der Waals surface area contributed by atoms with Gasteiger partial charge in [-0.25, -0.2) is 0 Å². The number of rotatable bonds is 7. The van der Waals surface area contributed by atoms with E-state index in [1.807, 2.05) is 0 Å². The van der Waals surface area contributed by atoms with E-state index in [9.17, 15) is 0 Å². The van der Waals surface area contributed by atoms with Crippen LogP contribution in [0.1, 0.15) is 52.4 Å². The molecule has 1 N–H and O–H groups in total. The molecule has 0 aromatic rings. The minimum Gasteiger partial charge on any atom is -0.315 e. The normalized spacial score (nSPS) is 23.2. The minimum atomic E-state index is 0.815. The smallest absolute Gasteiger partial charge is 0.0220 e. The molecule has 0 radical (unpaired) electrons. The molecule has 15 heavy (non-hydrogen) atoms. The van der Waals surface area contributed by atoms with Gasteiger partial charge in [-0.1, -0.05) is 26.7 Å². The van der Waals surface area contributed by atoms with Crippen molar-refractivity contribution in [2.45, 2.75) is 58.4 Å². The van der Waals surface area contributed by atoms with Crippen LogP contribution in [0.25, 0.3) is 0 Å². The van der Waals surface area contributed by atoms with E-state index in [0.29, 0.717) is 0 Å². The largest absolute Gasteiger partial charge is 0.315 e. The molecule has 1 heterocycles. The van der Waals surface area contributed by atoms with Gasteiger partial charge in [0.25, 0.3) is 0 Å². The average Bonchev–Trinajstić information content (AvgIpc) is 2.27. The van der Waals surface area contributed by atoms with Crippen molar-refractivity contribution in [2.75, 3.05) is 26.2 Å². The zero-order valence-corrected chi connectivity index (χ0v) is 10.6. The van der Waals surface area contributed by atoms with Gasteiger partial charge in [0.1, 0.15) is 0 Å². The fraction of sp³-hybridized carbons (Fsp3) is 1.00.